The number of aryl methyl sites for hydroxylation is 1. The molecule has 2 unspecified atom stereocenters. The van der Waals surface area contributed by atoms with Gasteiger partial charge in [0, 0.05) is 31.1 Å². The van der Waals surface area contributed by atoms with Gasteiger partial charge in [0.15, 0.2) is 5.13 Å². The van der Waals surface area contributed by atoms with E-state index in [-0.39, 0.29) is 6.04 Å². The van der Waals surface area contributed by atoms with Gasteiger partial charge in [-0.25, -0.2) is 4.98 Å². The molecule has 1 aliphatic heterocycles. The van der Waals surface area contributed by atoms with E-state index in [0.717, 1.165) is 31.1 Å². The lowest BCUT2D eigenvalue weighted by Crippen LogP contribution is -2.28. The van der Waals surface area contributed by atoms with Crippen LogP contribution in [0.4, 0.5) is 5.13 Å². The van der Waals surface area contributed by atoms with Crippen molar-refractivity contribution in [1.82, 2.24) is 4.98 Å². The second kappa shape index (κ2) is 5.15. The van der Waals surface area contributed by atoms with E-state index in [1.54, 1.807) is 11.3 Å². The fourth-order valence-corrected chi connectivity index (χ4v) is 3.89. The molecule has 0 bridgehead atoms. The molecule has 0 aromatic carbocycles. The third-order valence-electron chi connectivity index (χ3n) is 3.81. The lowest BCUT2D eigenvalue weighted by molar-refractivity contribution is 0.116. The van der Waals surface area contributed by atoms with Crippen molar-refractivity contribution in [3.63, 3.8) is 0 Å². The van der Waals surface area contributed by atoms with E-state index in [2.05, 4.69) is 11.9 Å². The largest absolute Gasteiger partial charge is 0.376 e. The van der Waals surface area contributed by atoms with Crippen molar-refractivity contribution in [1.29, 1.82) is 0 Å². The van der Waals surface area contributed by atoms with Gasteiger partial charge >= 0.3 is 0 Å². The molecule has 3 rings (SSSR count). The molecular formula is C13H21N3OS. The van der Waals surface area contributed by atoms with Crippen LogP contribution < -0.4 is 10.6 Å². The molecule has 0 amide bonds. The highest BCUT2D eigenvalue weighted by Crippen LogP contribution is 2.36. The van der Waals surface area contributed by atoms with Gasteiger partial charge in [-0.15, -0.1) is 11.3 Å². The van der Waals surface area contributed by atoms with Crippen LogP contribution in [0.15, 0.2) is 0 Å². The molecule has 1 saturated heterocycles. The molecule has 0 spiro atoms. The molecule has 0 saturated carbocycles. The minimum Gasteiger partial charge on any atom is -0.376 e. The second-order valence-corrected chi connectivity index (χ2v) is 6.33. The van der Waals surface area contributed by atoms with Crippen LogP contribution in [0.5, 0.6) is 0 Å². The van der Waals surface area contributed by atoms with E-state index >= 15 is 0 Å². The standard InChI is InChI=1S/C13H21N3OS/c1-16(8-9-4-3-7-17-9)13-15-11-6-2-5-10(14)12(11)18-13/h9-10H,2-8,14H2,1H3. The molecule has 1 aliphatic carbocycles. The van der Waals surface area contributed by atoms with Gasteiger partial charge in [-0.3, -0.25) is 0 Å². The molecule has 1 aromatic rings. The summed E-state index contributed by atoms with van der Waals surface area (Å²) in [5, 5.41) is 1.10. The van der Waals surface area contributed by atoms with Crippen molar-refractivity contribution in [3.05, 3.63) is 10.6 Å². The first kappa shape index (κ1) is 12.4. The molecule has 18 heavy (non-hydrogen) atoms. The monoisotopic (exact) mass is 267 g/mol. The zero-order valence-corrected chi connectivity index (χ0v) is 11.7. The number of nitrogens with two attached hydrogens (primary N) is 1. The fourth-order valence-electron chi connectivity index (χ4n) is 2.78. The molecule has 1 fully saturated rings. The van der Waals surface area contributed by atoms with Gasteiger partial charge in [-0.05, 0) is 32.1 Å². The number of aromatic nitrogens is 1. The predicted molar refractivity (Wildman–Crippen MR) is 74.2 cm³/mol. The molecular weight excluding hydrogens is 246 g/mol. The van der Waals surface area contributed by atoms with Crippen LogP contribution in [0.3, 0.4) is 0 Å². The maximum atomic E-state index is 6.15. The van der Waals surface area contributed by atoms with Crippen LogP contribution in [-0.2, 0) is 11.2 Å². The molecule has 2 atom stereocenters. The maximum absolute atomic E-state index is 6.15. The Bertz CT molecular complexity index is 414. The number of hydrogen-bond acceptors (Lipinski definition) is 5. The van der Waals surface area contributed by atoms with Crippen molar-refractivity contribution in [2.75, 3.05) is 25.1 Å². The van der Waals surface area contributed by atoms with Crippen LogP contribution >= 0.6 is 11.3 Å². The van der Waals surface area contributed by atoms with Crippen molar-refractivity contribution in [2.24, 2.45) is 5.73 Å². The summed E-state index contributed by atoms with van der Waals surface area (Å²) in [7, 11) is 2.11. The zero-order valence-electron chi connectivity index (χ0n) is 10.9. The summed E-state index contributed by atoms with van der Waals surface area (Å²) in [6, 6.07) is 0.205. The predicted octanol–water partition coefficient (Wildman–Crippen LogP) is 2.09. The van der Waals surface area contributed by atoms with Crippen LogP contribution in [0.1, 0.15) is 42.3 Å². The highest BCUT2D eigenvalue weighted by atomic mass is 32.1. The van der Waals surface area contributed by atoms with Gasteiger partial charge < -0.3 is 15.4 Å². The van der Waals surface area contributed by atoms with E-state index in [1.807, 2.05) is 0 Å². The molecule has 5 heteroatoms. The molecule has 2 N–H and O–H groups in total. The smallest absolute Gasteiger partial charge is 0.185 e. The lowest BCUT2D eigenvalue weighted by atomic mass is 9.99. The SMILES string of the molecule is CN(CC1CCCO1)c1nc2c(s1)C(N)CCC2. The maximum Gasteiger partial charge on any atom is 0.185 e. The van der Waals surface area contributed by atoms with Gasteiger partial charge in [0.05, 0.1) is 11.8 Å². The van der Waals surface area contributed by atoms with Crippen molar-refractivity contribution in [3.8, 4) is 0 Å². The highest BCUT2D eigenvalue weighted by molar-refractivity contribution is 7.15. The number of rotatable bonds is 3. The van der Waals surface area contributed by atoms with E-state index < -0.39 is 0 Å². The summed E-state index contributed by atoms with van der Waals surface area (Å²) in [5.74, 6) is 0. The first-order valence-corrected chi connectivity index (χ1v) is 7.63. The van der Waals surface area contributed by atoms with Crippen LogP contribution in [0.2, 0.25) is 0 Å². The van der Waals surface area contributed by atoms with Gasteiger partial charge in [0.25, 0.3) is 0 Å². The molecule has 1 aromatic heterocycles. The Labute approximate surface area is 112 Å². The first-order valence-electron chi connectivity index (χ1n) is 6.82. The van der Waals surface area contributed by atoms with Gasteiger partial charge in [0.1, 0.15) is 0 Å². The fraction of sp³-hybridized carbons (Fsp3) is 0.769. The number of nitrogens with zero attached hydrogens (tertiary/aromatic N) is 2. The summed E-state index contributed by atoms with van der Waals surface area (Å²) in [4.78, 5) is 8.28. The third kappa shape index (κ3) is 2.39. The first-order chi connectivity index (χ1) is 8.74. The quantitative estimate of drug-likeness (QED) is 0.911. The Kier molecular flexibility index (Phi) is 3.54. The Morgan fingerprint density at radius 3 is 3.06 bits per heavy atom. The average molecular weight is 267 g/mol. The van der Waals surface area contributed by atoms with Crippen molar-refractivity contribution in [2.45, 2.75) is 44.2 Å². The number of anilines is 1. The number of thiazole rings is 1. The van der Waals surface area contributed by atoms with E-state index in [0.29, 0.717) is 6.10 Å². The van der Waals surface area contributed by atoms with E-state index in [9.17, 15) is 0 Å². The van der Waals surface area contributed by atoms with E-state index in [1.165, 1.54) is 29.8 Å². The van der Waals surface area contributed by atoms with Crippen LogP contribution in [0, 0.1) is 0 Å². The highest BCUT2D eigenvalue weighted by Gasteiger charge is 2.24. The number of hydrogen-bond donors (Lipinski definition) is 1. The Hall–Kier alpha value is -0.650. The van der Waals surface area contributed by atoms with Gasteiger partial charge in [-0.2, -0.15) is 0 Å². The van der Waals surface area contributed by atoms with Crippen LogP contribution in [-0.4, -0.2) is 31.3 Å². The van der Waals surface area contributed by atoms with E-state index in [4.69, 9.17) is 15.5 Å². The zero-order chi connectivity index (χ0) is 12.5. The molecule has 100 valence electrons. The summed E-state index contributed by atoms with van der Waals surface area (Å²) < 4.78 is 5.68. The molecule has 4 nitrogen and oxygen atoms in total. The number of fused-ring (bicyclic) bond motifs is 1. The minimum atomic E-state index is 0.205. The van der Waals surface area contributed by atoms with Crippen LogP contribution in [0.25, 0.3) is 0 Å². The minimum absolute atomic E-state index is 0.205. The molecule has 2 heterocycles. The molecule has 2 aliphatic rings. The Morgan fingerprint density at radius 2 is 2.33 bits per heavy atom. The Balaban J connectivity index is 1.71. The second-order valence-electron chi connectivity index (χ2n) is 5.32. The summed E-state index contributed by atoms with van der Waals surface area (Å²) in [5.41, 5.74) is 7.38. The topological polar surface area (TPSA) is 51.4 Å². The van der Waals surface area contributed by atoms with Gasteiger partial charge in [-0.1, -0.05) is 0 Å². The summed E-state index contributed by atoms with van der Waals surface area (Å²) >= 11 is 1.77. The average Bonchev–Trinajstić information content (AvgIpc) is 2.97. The number of likely N-dealkylation sites (N-methyl/N-ethyl adjacent to an activating group) is 1. The summed E-state index contributed by atoms with van der Waals surface area (Å²) in [6.07, 6.45) is 6.11. The van der Waals surface area contributed by atoms with Gasteiger partial charge in [0.2, 0.25) is 0 Å². The van der Waals surface area contributed by atoms with Crippen molar-refractivity contribution < 1.29 is 4.74 Å². The normalized spacial score (nSPS) is 27.2. The Morgan fingerprint density at radius 1 is 1.44 bits per heavy atom. The summed E-state index contributed by atoms with van der Waals surface area (Å²) in [6.45, 7) is 1.86. The number of ether oxygens (including phenoxy) is 1. The van der Waals surface area contributed by atoms with Crippen molar-refractivity contribution >= 4 is 16.5 Å². The molecule has 0 radical (unpaired) electrons. The lowest BCUT2D eigenvalue weighted by Gasteiger charge is -2.19. The third-order valence-corrected chi connectivity index (χ3v) is 5.15.